The number of fused-ring (bicyclic) bond motifs is 2. The number of halogens is 1. The molecule has 1 spiro atoms. The minimum Gasteiger partial charge on any atom is -0.489 e. The van der Waals surface area contributed by atoms with Crippen LogP contribution in [0.3, 0.4) is 0 Å². The number of rotatable bonds is 8. The number of hydrogen-bond acceptors (Lipinski definition) is 5. The second-order valence-corrected chi connectivity index (χ2v) is 12.3. The molecule has 3 aromatic rings. The Bertz CT molecular complexity index is 1450. The molecule has 5 nitrogen and oxygen atoms in total. The molecule has 3 atom stereocenters. The number of ether oxygens (including phenoxy) is 3. The highest BCUT2D eigenvalue weighted by atomic mass is 19.1. The first-order chi connectivity index (χ1) is 19.3. The van der Waals surface area contributed by atoms with Crippen molar-refractivity contribution in [1.82, 2.24) is 4.98 Å². The maximum atomic E-state index is 15.0. The second kappa shape index (κ2) is 10.2. The van der Waals surface area contributed by atoms with Crippen LogP contribution in [0.4, 0.5) is 4.39 Å². The van der Waals surface area contributed by atoms with Gasteiger partial charge in [0.05, 0.1) is 25.8 Å². The van der Waals surface area contributed by atoms with E-state index in [4.69, 9.17) is 14.2 Å². The number of methoxy groups -OCH3 is 1. The molecular formula is C34H38FNO4. The number of aryl methyl sites for hydroxylation is 1. The Labute approximate surface area is 236 Å². The molecule has 6 heteroatoms. The van der Waals surface area contributed by atoms with Crippen LogP contribution in [0.15, 0.2) is 48.7 Å². The van der Waals surface area contributed by atoms with Gasteiger partial charge in [0.25, 0.3) is 0 Å². The number of aromatic nitrogens is 1. The first-order valence-electron chi connectivity index (χ1n) is 14.5. The van der Waals surface area contributed by atoms with Crippen LogP contribution in [0, 0.1) is 17.2 Å². The van der Waals surface area contributed by atoms with Crippen molar-refractivity contribution in [3.8, 4) is 22.8 Å². The van der Waals surface area contributed by atoms with E-state index in [0.29, 0.717) is 30.6 Å². The number of carbonyl (C=O) groups is 1. The van der Waals surface area contributed by atoms with Gasteiger partial charge in [0.15, 0.2) is 0 Å². The Morgan fingerprint density at radius 1 is 1.10 bits per heavy atom. The van der Waals surface area contributed by atoms with Crippen LogP contribution in [-0.4, -0.2) is 24.7 Å². The Balaban J connectivity index is 1.28. The molecule has 0 saturated heterocycles. The van der Waals surface area contributed by atoms with Gasteiger partial charge in [-0.05, 0) is 90.3 Å². The van der Waals surface area contributed by atoms with Gasteiger partial charge in [-0.3, -0.25) is 4.79 Å². The zero-order valence-electron chi connectivity index (χ0n) is 23.9. The van der Waals surface area contributed by atoms with Gasteiger partial charge in [-0.2, -0.15) is 0 Å². The van der Waals surface area contributed by atoms with E-state index in [1.54, 1.807) is 13.2 Å². The average molecular weight is 544 g/mol. The van der Waals surface area contributed by atoms with Gasteiger partial charge in [-0.25, -0.2) is 9.37 Å². The van der Waals surface area contributed by atoms with Crippen LogP contribution >= 0.6 is 0 Å². The number of benzene rings is 2. The van der Waals surface area contributed by atoms with E-state index < -0.39 is 0 Å². The van der Waals surface area contributed by atoms with Crippen molar-refractivity contribution >= 4 is 5.97 Å². The summed E-state index contributed by atoms with van der Waals surface area (Å²) >= 11 is 0. The quantitative estimate of drug-likeness (QED) is 0.275. The molecule has 6 rings (SSSR count). The Hall–Kier alpha value is -3.41. The van der Waals surface area contributed by atoms with Gasteiger partial charge in [0, 0.05) is 17.0 Å². The molecule has 0 N–H and O–H groups in total. The molecule has 0 bridgehead atoms. The Kier molecular flexibility index (Phi) is 6.84. The third-order valence-electron chi connectivity index (χ3n) is 9.59. The summed E-state index contributed by atoms with van der Waals surface area (Å²) in [5.41, 5.74) is 6.20. The van der Waals surface area contributed by atoms with E-state index in [1.807, 2.05) is 25.1 Å². The fourth-order valence-electron chi connectivity index (χ4n) is 7.29. The maximum Gasteiger partial charge on any atom is 0.309 e. The van der Waals surface area contributed by atoms with E-state index >= 15 is 4.39 Å². The first-order valence-corrected chi connectivity index (χ1v) is 14.5. The van der Waals surface area contributed by atoms with Gasteiger partial charge < -0.3 is 14.2 Å². The fourth-order valence-corrected chi connectivity index (χ4v) is 7.29. The minimum atomic E-state index is -0.352. The lowest BCUT2D eigenvalue weighted by Crippen LogP contribution is -2.17. The molecule has 3 aliphatic carbocycles. The highest BCUT2D eigenvalue weighted by Gasteiger charge is 2.62. The molecule has 0 radical (unpaired) electrons. The zero-order chi connectivity index (χ0) is 28.1. The summed E-state index contributed by atoms with van der Waals surface area (Å²) in [5.74, 6) is 1.06. The number of nitrogens with zero attached hydrogens (tertiary/aromatic N) is 1. The van der Waals surface area contributed by atoms with Crippen molar-refractivity contribution in [2.45, 2.75) is 77.2 Å². The third-order valence-corrected chi connectivity index (χ3v) is 9.59. The van der Waals surface area contributed by atoms with Crippen LogP contribution < -0.4 is 9.47 Å². The van der Waals surface area contributed by atoms with Crippen LogP contribution in [0.1, 0.15) is 81.0 Å². The van der Waals surface area contributed by atoms with E-state index in [9.17, 15) is 4.79 Å². The SMILES string of the molecule is CCOC(=O)[C@@H]1C[C@]12CCc1ccc(OCc3ccc(-c4cc(OC)ncc4F)c(C4CCCC4(C)C)c3)cc12. The van der Waals surface area contributed by atoms with Crippen molar-refractivity contribution in [2.75, 3.05) is 13.7 Å². The van der Waals surface area contributed by atoms with E-state index in [0.717, 1.165) is 61.0 Å². The average Bonchev–Trinajstić information content (AvgIpc) is 3.43. The molecule has 1 aromatic heterocycles. The summed E-state index contributed by atoms with van der Waals surface area (Å²) in [6, 6.07) is 14.3. The third kappa shape index (κ3) is 4.65. The zero-order valence-corrected chi connectivity index (χ0v) is 23.9. The number of hydrogen-bond donors (Lipinski definition) is 0. The van der Waals surface area contributed by atoms with E-state index in [2.05, 4.69) is 37.0 Å². The summed E-state index contributed by atoms with van der Waals surface area (Å²) in [7, 11) is 1.55. The summed E-state index contributed by atoms with van der Waals surface area (Å²) < 4.78 is 32.0. The van der Waals surface area contributed by atoms with Crippen molar-refractivity contribution in [1.29, 1.82) is 0 Å². The predicted octanol–water partition coefficient (Wildman–Crippen LogP) is 7.54. The lowest BCUT2D eigenvalue weighted by molar-refractivity contribution is -0.145. The minimum absolute atomic E-state index is 0.0407. The summed E-state index contributed by atoms with van der Waals surface area (Å²) in [4.78, 5) is 16.5. The number of esters is 1. The molecule has 1 heterocycles. The maximum absolute atomic E-state index is 15.0. The van der Waals surface area contributed by atoms with Crippen molar-refractivity contribution in [2.24, 2.45) is 11.3 Å². The molecule has 2 fully saturated rings. The molecule has 1 unspecified atom stereocenters. The molecular weight excluding hydrogens is 505 g/mol. The topological polar surface area (TPSA) is 57.7 Å². The molecule has 0 amide bonds. The smallest absolute Gasteiger partial charge is 0.309 e. The lowest BCUT2D eigenvalue weighted by atomic mass is 9.75. The summed E-state index contributed by atoms with van der Waals surface area (Å²) in [6.45, 7) is 7.31. The Morgan fingerprint density at radius 2 is 1.95 bits per heavy atom. The molecule has 3 aliphatic rings. The van der Waals surface area contributed by atoms with E-state index in [1.165, 1.54) is 17.3 Å². The summed E-state index contributed by atoms with van der Waals surface area (Å²) in [6.07, 6.45) is 7.45. The fraction of sp³-hybridized carbons (Fsp3) is 0.471. The van der Waals surface area contributed by atoms with Crippen LogP contribution in [-0.2, 0) is 28.0 Å². The lowest BCUT2D eigenvalue weighted by Gasteiger charge is -2.30. The van der Waals surface area contributed by atoms with Crippen molar-refractivity contribution < 1.29 is 23.4 Å². The highest BCUT2D eigenvalue weighted by Crippen LogP contribution is 2.62. The van der Waals surface area contributed by atoms with Crippen molar-refractivity contribution in [3.05, 3.63) is 76.7 Å². The van der Waals surface area contributed by atoms with Crippen LogP contribution in [0.25, 0.3) is 11.1 Å². The van der Waals surface area contributed by atoms with Crippen LogP contribution in [0.2, 0.25) is 0 Å². The number of carbonyl (C=O) groups excluding carboxylic acids is 1. The second-order valence-electron chi connectivity index (χ2n) is 12.3. The van der Waals surface area contributed by atoms with Gasteiger partial charge in [-0.15, -0.1) is 0 Å². The monoisotopic (exact) mass is 543 g/mol. The molecule has 2 aromatic carbocycles. The standard InChI is InChI=1S/C34H38FNO4/c1-5-39-32(37)29-18-34(29)14-12-22-9-10-23(16-28(22)34)40-20-21-8-11-24(26-17-31(38-4)36-19-30(26)35)25(15-21)27-7-6-13-33(27,2)3/h8-11,15-17,19,27,29H,5-7,12-14,18,20H2,1-4H3/t27?,29-,34-/m0/s1. The largest absolute Gasteiger partial charge is 0.489 e. The van der Waals surface area contributed by atoms with E-state index in [-0.39, 0.29) is 28.5 Å². The highest BCUT2D eigenvalue weighted by molar-refractivity contribution is 5.80. The first kappa shape index (κ1) is 26.8. The van der Waals surface area contributed by atoms with Crippen LogP contribution in [0.5, 0.6) is 11.6 Å². The molecule has 40 heavy (non-hydrogen) atoms. The molecule has 210 valence electrons. The number of pyridine rings is 1. The molecule has 2 saturated carbocycles. The van der Waals surface area contributed by atoms with Crippen molar-refractivity contribution in [3.63, 3.8) is 0 Å². The van der Waals surface area contributed by atoms with Gasteiger partial charge >= 0.3 is 5.97 Å². The summed E-state index contributed by atoms with van der Waals surface area (Å²) in [5, 5.41) is 0. The molecule has 0 aliphatic heterocycles. The normalized spacial score (nSPS) is 24.1. The van der Waals surface area contributed by atoms with Gasteiger partial charge in [0.1, 0.15) is 18.2 Å². The van der Waals surface area contributed by atoms with Gasteiger partial charge in [0.2, 0.25) is 5.88 Å². The predicted molar refractivity (Wildman–Crippen MR) is 152 cm³/mol. The Morgan fingerprint density at radius 3 is 2.70 bits per heavy atom. The van der Waals surface area contributed by atoms with Gasteiger partial charge in [-0.1, -0.05) is 44.5 Å².